The molecule has 0 atom stereocenters. The van der Waals surface area contributed by atoms with Crippen LogP contribution < -0.4 is 4.74 Å². The van der Waals surface area contributed by atoms with Crippen LogP contribution in [0.5, 0.6) is 5.75 Å². The molecule has 0 spiro atoms. The van der Waals surface area contributed by atoms with Crippen molar-refractivity contribution in [2.45, 2.75) is 25.7 Å². The lowest BCUT2D eigenvalue weighted by Crippen LogP contribution is -2.12. The highest BCUT2D eigenvalue weighted by molar-refractivity contribution is 6.09. The summed E-state index contributed by atoms with van der Waals surface area (Å²) in [6, 6.07) is 5.39. The van der Waals surface area contributed by atoms with E-state index in [1.54, 1.807) is 23.8 Å². The predicted molar refractivity (Wildman–Crippen MR) is 78.1 cm³/mol. The Morgan fingerprint density at radius 1 is 1.24 bits per heavy atom. The van der Waals surface area contributed by atoms with E-state index in [0.717, 1.165) is 24.1 Å². The van der Waals surface area contributed by atoms with Crippen LogP contribution in [0, 0.1) is 0 Å². The van der Waals surface area contributed by atoms with Gasteiger partial charge in [-0.25, -0.2) is 4.79 Å². The minimum absolute atomic E-state index is 0.0952. The topological polar surface area (TPSA) is 57.5 Å². The zero-order chi connectivity index (χ0) is 15.1. The molecule has 1 aromatic carbocycles. The summed E-state index contributed by atoms with van der Waals surface area (Å²) in [4.78, 5) is 24.3. The fraction of sp³-hybridized carbons (Fsp3) is 0.375. The second kappa shape index (κ2) is 4.91. The summed E-state index contributed by atoms with van der Waals surface area (Å²) in [5, 5.41) is 0.707. The van der Waals surface area contributed by atoms with Crippen LogP contribution in [0.2, 0.25) is 0 Å². The monoisotopic (exact) mass is 287 g/mol. The quantitative estimate of drug-likeness (QED) is 0.814. The van der Waals surface area contributed by atoms with Gasteiger partial charge in [0.15, 0.2) is 0 Å². The van der Waals surface area contributed by atoms with Gasteiger partial charge in [-0.1, -0.05) is 0 Å². The van der Waals surface area contributed by atoms with E-state index in [4.69, 9.17) is 9.47 Å². The van der Waals surface area contributed by atoms with Gasteiger partial charge in [-0.15, -0.1) is 0 Å². The molecule has 1 heterocycles. The summed E-state index contributed by atoms with van der Waals surface area (Å²) in [5.74, 6) is 0.398. The van der Waals surface area contributed by atoms with Gasteiger partial charge >= 0.3 is 5.97 Å². The molecule has 1 saturated carbocycles. The molecule has 110 valence electrons. The van der Waals surface area contributed by atoms with E-state index < -0.39 is 5.97 Å². The van der Waals surface area contributed by atoms with Crippen molar-refractivity contribution in [2.75, 3.05) is 14.2 Å². The summed E-state index contributed by atoms with van der Waals surface area (Å²) in [7, 11) is 2.93. The average Bonchev–Trinajstić information content (AvgIpc) is 3.26. The molecule has 3 rings (SSSR count). The Balaban J connectivity index is 2.40. The summed E-state index contributed by atoms with van der Waals surface area (Å²) >= 11 is 0. The molecular weight excluding hydrogens is 270 g/mol. The number of methoxy groups -OCH3 is 2. The molecule has 0 radical (unpaired) electrons. The Morgan fingerprint density at radius 2 is 1.95 bits per heavy atom. The minimum Gasteiger partial charge on any atom is -0.497 e. The third kappa shape index (κ3) is 2.09. The van der Waals surface area contributed by atoms with Gasteiger partial charge in [-0.2, -0.15) is 0 Å². The van der Waals surface area contributed by atoms with Crippen LogP contribution in [0.4, 0.5) is 0 Å². The van der Waals surface area contributed by atoms with Crippen molar-refractivity contribution >= 4 is 22.8 Å². The maximum atomic E-state index is 12.2. The second-order valence-corrected chi connectivity index (χ2v) is 5.26. The number of carbonyl (C=O) groups is 2. The molecule has 0 saturated heterocycles. The Labute approximate surface area is 122 Å². The zero-order valence-corrected chi connectivity index (χ0v) is 12.3. The Hall–Kier alpha value is -2.30. The molecule has 1 fully saturated rings. The first kappa shape index (κ1) is 13.7. The number of hydrogen-bond donors (Lipinski definition) is 0. The molecule has 0 aliphatic heterocycles. The highest BCUT2D eigenvalue weighted by Gasteiger charge is 2.35. The van der Waals surface area contributed by atoms with Crippen LogP contribution in [0.1, 0.15) is 46.5 Å². The molecule has 1 aliphatic carbocycles. The number of esters is 1. The van der Waals surface area contributed by atoms with Gasteiger partial charge in [0.2, 0.25) is 5.91 Å². The van der Waals surface area contributed by atoms with Crippen LogP contribution in [0.25, 0.3) is 10.9 Å². The van der Waals surface area contributed by atoms with Crippen LogP contribution in [0.3, 0.4) is 0 Å². The zero-order valence-electron chi connectivity index (χ0n) is 12.3. The van der Waals surface area contributed by atoms with E-state index in [2.05, 4.69) is 0 Å². The average molecular weight is 287 g/mol. The number of carbonyl (C=O) groups excluding carboxylic acids is 2. The first-order valence-corrected chi connectivity index (χ1v) is 6.90. The predicted octanol–water partition coefficient (Wildman–Crippen LogP) is 2.97. The van der Waals surface area contributed by atoms with E-state index in [0.29, 0.717) is 16.7 Å². The Kier molecular flexibility index (Phi) is 3.20. The van der Waals surface area contributed by atoms with Gasteiger partial charge in [-0.05, 0) is 31.0 Å². The van der Waals surface area contributed by atoms with Crippen molar-refractivity contribution in [1.82, 2.24) is 4.57 Å². The number of fused-ring (bicyclic) bond motifs is 1. The molecule has 0 bridgehead atoms. The lowest BCUT2D eigenvalue weighted by molar-refractivity contribution is 0.0601. The standard InChI is InChI=1S/C16H17NO4/c1-9(18)17-13-7-6-11(20-2)8-12(13)14(16(19)21-3)15(17)10-4-5-10/h6-8,10H,4-5H2,1-3H3. The van der Waals surface area contributed by atoms with Gasteiger partial charge < -0.3 is 9.47 Å². The third-order valence-electron chi connectivity index (χ3n) is 3.88. The first-order valence-electron chi connectivity index (χ1n) is 6.90. The molecule has 5 nitrogen and oxygen atoms in total. The largest absolute Gasteiger partial charge is 0.497 e. The van der Waals surface area contributed by atoms with E-state index in [1.165, 1.54) is 14.0 Å². The van der Waals surface area contributed by atoms with Crippen molar-refractivity contribution in [3.8, 4) is 5.75 Å². The highest BCUT2D eigenvalue weighted by Crippen LogP contribution is 2.45. The molecule has 2 aromatic rings. The molecular formula is C16H17NO4. The maximum absolute atomic E-state index is 12.2. The maximum Gasteiger partial charge on any atom is 0.340 e. The fourth-order valence-corrected chi connectivity index (χ4v) is 2.82. The van der Waals surface area contributed by atoms with Crippen LogP contribution >= 0.6 is 0 Å². The van der Waals surface area contributed by atoms with E-state index >= 15 is 0 Å². The fourth-order valence-electron chi connectivity index (χ4n) is 2.82. The number of aromatic nitrogens is 1. The molecule has 1 aromatic heterocycles. The van der Waals surface area contributed by atoms with Gasteiger partial charge in [0, 0.05) is 23.9 Å². The van der Waals surface area contributed by atoms with Gasteiger partial charge in [0.05, 0.1) is 25.3 Å². The molecule has 0 amide bonds. The van der Waals surface area contributed by atoms with Crippen LogP contribution in [0.15, 0.2) is 18.2 Å². The number of rotatable bonds is 3. The Morgan fingerprint density at radius 3 is 2.48 bits per heavy atom. The van der Waals surface area contributed by atoms with Crippen molar-refractivity contribution in [2.24, 2.45) is 0 Å². The lowest BCUT2D eigenvalue weighted by atomic mass is 10.1. The SMILES string of the molecule is COC(=O)c1c(C2CC2)n(C(C)=O)c2ccc(OC)cc12. The van der Waals surface area contributed by atoms with Crippen LogP contribution in [-0.2, 0) is 4.74 Å². The van der Waals surface area contributed by atoms with Crippen molar-refractivity contribution in [3.63, 3.8) is 0 Å². The normalized spacial score (nSPS) is 14.2. The molecule has 1 aliphatic rings. The van der Waals surface area contributed by atoms with Crippen molar-refractivity contribution in [3.05, 3.63) is 29.5 Å². The number of nitrogens with zero attached hydrogens (tertiary/aromatic N) is 1. The molecule has 21 heavy (non-hydrogen) atoms. The van der Waals surface area contributed by atoms with E-state index in [1.807, 2.05) is 6.07 Å². The minimum atomic E-state index is -0.407. The highest BCUT2D eigenvalue weighted by atomic mass is 16.5. The lowest BCUT2D eigenvalue weighted by Gasteiger charge is -2.06. The summed E-state index contributed by atoms with van der Waals surface area (Å²) in [6.07, 6.45) is 1.98. The van der Waals surface area contributed by atoms with Gasteiger partial charge in [-0.3, -0.25) is 9.36 Å². The number of benzene rings is 1. The Bertz CT molecular complexity index is 740. The van der Waals surface area contributed by atoms with Crippen LogP contribution in [-0.4, -0.2) is 30.7 Å². The van der Waals surface area contributed by atoms with E-state index in [9.17, 15) is 9.59 Å². The van der Waals surface area contributed by atoms with Gasteiger partial charge in [0.1, 0.15) is 5.75 Å². The smallest absolute Gasteiger partial charge is 0.340 e. The number of hydrogen-bond acceptors (Lipinski definition) is 4. The summed E-state index contributed by atoms with van der Waals surface area (Å²) < 4.78 is 11.8. The number of ether oxygens (including phenoxy) is 2. The van der Waals surface area contributed by atoms with E-state index in [-0.39, 0.29) is 11.8 Å². The van der Waals surface area contributed by atoms with Crippen molar-refractivity contribution in [1.29, 1.82) is 0 Å². The molecule has 5 heteroatoms. The molecule has 0 N–H and O–H groups in total. The van der Waals surface area contributed by atoms with Gasteiger partial charge in [0.25, 0.3) is 0 Å². The first-order chi connectivity index (χ1) is 10.1. The van der Waals surface area contributed by atoms with Crippen molar-refractivity contribution < 1.29 is 19.1 Å². The summed E-state index contributed by atoms with van der Waals surface area (Å²) in [6.45, 7) is 1.51. The summed E-state index contributed by atoms with van der Waals surface area (Å²) in [5.41, 5.74) is 1.99. The second-order valence-electron chi connectivity index (χ2n) is 5.26. The molecule has 0 unspecified atom stereocenters. The third-order valence-corrected chi connectivity index (χ3v) is 3.88.